The van der Waals surface area contributed by atoms with Crippen LogP contribution in [0.5, 0.6) is 0 Å². The Morgan fingerprint density at radius 3 is 1.33 bits per heavy atom. The summed E-state index contributed by atoms with van der Waals surface area (Å²) in [5.74, 6) is 0. The Balaban J connectivity index is 0.844. The van der Waals surface area contributed by atoms with Gasteiger partial charge in [-0.1, -0.05) is 133 Å². The van der Waals surface area contributed by atoms with E-state index < -0.39 is 0 Å². The van der Waals surface area contributed by atoms with Crippen LogP contribution in [0.25, 0.3) is 116 Å². The Bertz CT molecular complexity index is 3750. The number of hydrogen-bond donors (Lipinski definition) is 0. The second kappa shape index (κ2) is 12.7. The molecule has 13 aromatic rings. The molecule has 4 aromatic heterocycles. The summed E-state index contributed by atoms with van der Waals surface area (Å²) in [7, 11) is 0. The molecule has 60 heavy (non-hydrogen) atoms. The molecule has 0 amide bonds. The number of furan rings is 1. The Morgan fingerprint density at radius 1 is 0.267 bits per heavy atom. The fourth-order valence-electron chi connectivity index (χ4n) is 9.74. The predicted molar refractivity (Wildman–Crippen MR) is 250 cm³/mol. The van der Waals surface area contributed by atoms with Crippen molar-refractivity contribution in [1.82, 2.24) is 13.7 Å². The molecule has 0 fully saturated rings. The second-order valence-corrected chi connectivity index (χ2v) is 15.7. The molecule has 0 atom stereocenters. The minimum atomic E-state index is 0.874. The van der Waals surface area contributed by atoms with Gasteiger partial charge in [0.15, 0.2) is 0 Å². The number of fused-ring (bicyclic) bond motifs is 11. The first-order chi connectivity index (χ1) is 29.8. The van der Waals surface area contributed by atoms with Gasteiger partial charge in [-0.3, -0.25) is 4.57 Å². The number of aromatic nitrogens is 3. The summed E-state index contributed by atoms with van der Waals surface area (Å²) in [5.41, 5.74) is 15.7. The molecule has 0 saturated heterocycles. The van der Waals surface area contributed by atoms with Crippen LogP contribution in [0.15, 0.2) is 217 Å². The lowest BCUT2D eigenvalue weighted by Crippen LogP contribution is -1.95. The van der Waals surface area contributed by atoms with Crippen LogP contribution in [0.4, 0.5) is 0 Å². The highest BCUT2D eigenvalue weighted by atomic mass is 16.3. The number of para-hydroxylation sites is 5. The van der Waals surface area contributed by atoms with E-state index in [2.05, 4.69) is 220 Å². The van der Waals surface area contributed by atoms with Crippen LogP contribution in [-0.2, 0) is 0 Å². The predicted octanol–water partition coefficient (Wildman–Crippen LogP) is 15.1. The molecular formula is C56H35N3O. The smallest absolute Gasteiger partial charge is 0.213 e. The molecule has 4 heterocycles. The van der Waals surface area contributed by atoms with E-state index in [4.69, 9.17) is 4.42 Å². The second-order valence-electron chi connectivity index (χ2n) is 15.7. The molecule has 9 aromatic carbocycles. The fourth-order valence-corrected chi connectivity index (χ4v) is 9.74. The van der Waals surface area contributed by atoms with Gasteiger partial charge in [0.05, 0.1) is 33.0 Å². The molecule has 0 aliphatic heterocycles. The van der Waals surface area contributed by atoms with Crippen LogP contribution in [0.1, 0.15) is 0 Å². The third-order valence-electron chi connectivity index (χ3n) is 12.5. The quantitative estimate of drug-likeness (QED) is 0.171. The molecule has 0 bridgehead atoms. The van der Waals surface area contributed by atoms with Gasteiger partial charge in [0.25, 0.3) is 0 Å². The van der Waals surface area contributed by atoms with Crippen LogP contribution in [0.2, 0.25) is 0 Å². The molecule has 0 saturated carbocycles. The van der Waals surface area contributed by atoms with Gasteiger partial charge < -0.3 is 13.6 Å². The SMILES string of the molecule is c1ccc(-n2c3ccccc3c3c4ccc(-c5ccc(-c6ccc(-n7c8ccccc8c8cc(-n9c%10ccccc%10c%10ccccc%109)ccc87)cc6)cc5)cc4oc32)cc1. The van der Waals surface area contributed by atoms with Gasteiger partial charge in [0.1, 0.15) is 5.58 Å². The summed E-state index contributed by atoms with van der Waals surface area (Å²) in [4.78, 5) is 0. The van der Waals surface area contributed by atoms with E-state index in [1.807, 2.05) is 6.07 Å². The summed E-state index contributed by atoms with van der Waals surface area (Å²) in [6, 6.07) is 76.5. The zero-order chi connectivity index (χ0) is 39.3. The van der Waals surface area contributed by atoms with Gasteiger partial charge in [-0.05, 0) is 101 Å². The first kappa shape index (κ1) is 32.9. The maximum Gasteiger partial charge on any atom is 0.213 e. The summed E-state index contributed by atoms with van der Waals surface area (Å²) in [5, 5.41) is 8.49. The molecule has 280 valence electrons. The van der Waals surface area contributed by atoms with Crippen LogP contribution < -0.4 is 0 Å². The van der Waals surface area contributed by atoms with Gasteiger partial charge in [-0.15, -0.1) is 0 Å². The summed E-state index contributed by atoms with van der Waals surface area (Å²) < 4.78 is 13.7. The zero-order valence-electron chi connectivity index (χ0n) is 32.5. The molecule has 0 spiro atoms. The van der Waals surface area contributed by atoms with Crippen LogP contribution >= 0.6 is 0 Å². The Morgan fingerprint density at radius 2 is 0.700 bits per heavy atom. The highest BCUT2D eigenvalue weighted by Crippen LogP contribution is 2.41. The Labute approximate surface area is 345 Å². The maximum absolute atomic E-state index is 6.69. The molecule has 0 unspecified atom stereocenters. The molecule has 13 rings (SSSR count). The van der Waals surface area contributed by atoms with Crippen molar-refractivity contribution in [2.24, 2.45) is 0 Å². The van der Waals surface area contributed by atoms with Crippen molar-refractivity contribution in [3.8, 4) is 39.3 Å². The largest absolute Gasteiger partial charge is 0.439 e. The van der Waals surface area contributed by atoms with Crippen LogP contribution in [-0.4, -0.2) is 13.7 Å². The van der Waals surface area contributed by atoms with Gasteiger partial charge in [0.2, 0.25) is 5.71 Å². The van der Waals surface area contributed by atoms with Gasteiger partial charge in [-0.2, -0.15) is 0 Å². The van der Waals surface area contributed by atoms with Crippen LogP contribution in [0, 0.1) is 0 Å². The number of nitrogens with zero attached hydrogens (tertiary/aromatic N) is 3. The average Bonchev–Trinajstić information content (AvgIpc) is 4.05. The molecule has 4 heteroatoms. The van der Waals surface area contributed by atoms with Gasteiger partial charge >= 0.3 is 0 Å². The van der Waals surface area contributed by atoms with Gasteiger partial charge in [-0.25, -0.2) is 0 Å². The van der Waals surface area contributed by atoms with Crippen molar-refractivity contribution in [2.45, 2.75) is 0 Å². The van der Waals surface area contributed by atoms with E-state index >= 15 is 0 Å². The van der Waals surface area contributed by atoms with Crippen molar-refractivity contribution in [3.05, 3.63) is 212 Å². The monoisotopic (exact) mass is 765 g/mol. The van der Waals surface area contributed by atoms with Crippen molar-refractivity contribution >= 4 is 76.6 Å². The molecular weight excluding hydrogens is 731 g/mol. The molecule has 0 N–H and O–H groups in total. The van der Waals surface area contributed by atoms with E-state index in [0.717, 1.165) is 55.8 Å². The van der Waals surface area contributed by atoms with E-state index in [-0.39, 0.29) is 0 Å². The molecule has 4 nitrogen and oxygen atoms in total. The standard InChI is InChI=1S/C56H35N3O/c1-2-12-40(13-3-1)59-52-21-11-7-17-46(52)55-47-32-28-39(34-54(47)60-56(55)59)38-24-22-36(23-25-38)37-26-29-41(30-27-37)57-51-20-10-6-16-45(51)48-35-42(31-33-53(48)57)58-49-18-8-4-14-43(49)44-15-5-9-19-50(44)58/h1-35H. The number of rotatable bonds is 5. The lowest BCUT2D eigenvalue weighted by atomic mass is 9.99. The van der Waals surface area contributed by atoms with Crippen molar-refractivity contribution in [3.63, 3.8) is 0 Å². The number of benzene rings is 9. The molecule has 0 aliphatic rings. The summed E-state index contributed by atoms with van der Waals surface area (Å²) >= 11 is 0. The average molecular weight is 766 g/mol. The van der Waals surface area contributed by atoms with Crippen molar-refractivity contribution < 1.29 is 4.42 Å². The van der Waals surface area contributed by atoms with Crippen molar-refractivity contribution in [2.75, 3.05) is 0 Å². The van der Waals surface area contributed by atoms with Gasteiger partial charge in [0, 0.05) is 49.4 Å². The highest BCUT2D eigenvalue weighted by molar-refractivity contribution is 6.20. The normalized spacial score (nSPS) is 12.0. The minimum Gasteiger partial charge on any atom is -0.439 e. The zero-order valence-corrected chi connectivity index (χ0v) is 32.5. The van der Waals surface area contributed by atoms with E-state index in [1.54, 1.807) is 0 Å². The highest BCUT2D eigenvalue weighted by Gasteiger charge is 2.20. The Kier molecular flexibility index (Phi) is 6.98. The van der Waals surface area contributed by atoms with E-state index in [1.165, 1.54) is 60.1 Å². The first-order valence-corrected chi connectivity index (χ1v) is 20.5. The van der Waals surface area contributed by atoms with Crippen LogP contribution in [0.3, 0.4) is 0 Å². The Hall–Kier alpha value is -8.08. The minimum absolute atomic E-state index is 0.874. The molecule has 0 aliphatic carbocycles. The lowest BCUT2D eigenvalue weighted by Gasteiger charge is -2.11. The maximum atomic E-state index is 6.69. The first-order valence-electron chi connectivity index (χ1n) is 20.5. The van der Waals surface area contributed by atoms with Crippen molar-refractivity contribution in [1.29, 1.82) is 0 Å². The van der Waals surface area contributed by atoms with E-state index in [0.29, 0.717) is 0 Å². The topological polar surface area (TPSA) is 27.9 Å². The number of hydrogen-bond acceptors (Lipinski definition) is 1. The summed E-state index contributed by atoms with van der Waals surface area (Å²) in [6.07, 6.45) is 0. The lowest BCUT2D eigenvalue weighted by molar-refractivity contribution is 0.645. The molecule has 0 radical (unpaired) electrons. The van der Waals surface area contributed by atoms with E-state index in [9.17, 15) is 0 Å². The third-order valence-corrected chi connectivity index (χ3v) is 12.5. The third kappa shape index (κ3) is 4.79. The fraction of sp³-hybridized carbons (Fsp3) is 0. The summed E-state index contributed by atoms with van der Waals surface area (Å²) in [6.45, 7) is 0.